The summed E-state index contributed by atoms with van der Waals surface area (Å²) in [7, 11) is 0. The van der Waals surface area contributed by atoms with E-state index in [9.17, 15) is 4.79 Å². The Bertz CT molecular complexity index is 372. The maximum absolute atomic E-state index is 12.1. The van der Waals surface area contributed by atoms with E-state index in [0.717, 1.165) is 25.6 Å². The lowest BCUT2D eigenvalue weighted by molar-refractivity contribution is -0.156. The van der Waals surface area contributed by atoms with Gasteiger partial charge in [-0.3, -0.25) is 9.69 Å². The third-order valence-electron chi connectivity index (χ3n) is 4.93. The molecule has 2 rings (SSSR count). The number of esters is 1. The summed E-state index contributed by atoms with van der Waals surface area (Å²) in [4.78, 5) is 14.3. The summed E-state index contributed by atoms with van der Waals surface area (Å²) in [6, 6.07) is 0.517. The van der Waals surface area contributed by atoms with E-state index in [1.807, 2.05) is 20.8 Å². The van der Waals surface area contributed by atoms with Crippen LogP contribution >= 0.6 is 0 Å². The standard InChI is InChI=1S/C19H36N2O2/c1-15-10-17(20-11-16-8-6-5-7-9-16)13-21(12-15)14-18(22)23-19(2,3)4/h15-17,20H,5-14H2,1-4H3. The number of nitrogens with one attached hydrogen (secondary N) is 1. The first-order chi connectivity index (χ1) is 10.8. The first kappa shape index (κ1) is 18.7. The molecule has 23 heavy (non-hydrogen) atoms. The highest BCUT2D eigenvalue weighted by atomic mass is 16.6. The Labute approximate surface area is 142 Å². The fourth-order valence-electron chi connectivity index (χ4n) is 4.02. The van der Waals surface area contributed by atoms with Gasteiger partial charge in [-0.2, -0.15) is 0 Å². The van der Waals surface area contributed by atoms with Crippen molar-refractivity contribution >= 4 is 5.97 Å². The van der Waals surface area contributed by atoms with Gasteiger partial charge in [0.2, 0.25) is 0 Å². The van der Waals surface area contributed by atoms with E-state index in [0.29, 0.717) is 18.5 Å². The van der Waals surface area contributed by atoms with E-state index < -0.39 is 5.60 Å². The van der Waals surface area contributed by atoms with Gasteiger partial charge >= 0.3 is 5.97 Å². The largest absolute Gasteiger partial charge is 0.459 e. The van der Waals surface area contributed by atoms with E-state index >= 15 is 0 Å². The van der Waals surface area contributed by atoms with Crippen molar-refractivity contribution in [2.75, 3.05) is 26.2 Å². The van der Waals surface area contributed by atoms with Gasteiger partial charge in [0, 0.05) is 19.1 Å². The number of piperidine rings is 1. The predicted octanol–water partition coefficient (Wildman–Crippen LogP) is 3.21. The number of likely N-dealkylation sites (tertiary alicyclic amines) is 1. The van der Waals surface area contributed by atoms with Crippen LogP contribution in [0.15, 0.2) is 0 Å². The summed E-state index contributed by atoms with van der Waals surface area (Å²) in [5.41, 5.74) is -0.392. The van der Waals surface area contributed by atoms with Crippen molar-refractivity contribution in [2.24, 2.45) is 11.8 Å². The molecule has 134 valence electrons. The number of hydrogen-bond acceptors (Lipinski definition) is 4. The van der Waals surface area contributed by atoms with Gasteiger partial charge in [-0.25, -0.2) is 0 Å². The second kappa shape index (κ2) is 8.48. The van der Waals surface area contributed by atoms with E-state index in [2.05, 4.69) is 17.1 Å². The molecule has 0 aromatic heterocycles. The van der Waals surface area contributed by atoms with E-state index in [1.54, 1.807) is 0 Å². The lowest BCUT2D eigenvalue weighted by atomic mass is 9.88. The van der Waals surface area contributed by atoms with Crippen LogP contribution in [0.4, 0.5) is 0 Å². The third kappa shape index (κ3) is 7.21. The zero-order chi connectivity index (χ0) is 16.9. The molecule has 2 aliphatic rings. The summed E-state index contributed by atoms with van der Waals surface area (Å²) in [5, 5.41) is 3.78. The maximum atomic E-state index is 12.1. The molecule has 1 heterocycles. The first-order valence-corrected chi connectivity index (χ1v) is 9.49. The second-order valence-electron chi connectivity index (χ2n) is 8.73. The number of carbonyl (C=O) groups excluding carboxylic acids is 1. The molecule has 1 aliphatic heterocycles. The van der Waals surface area contributed by atoms with Crippen LogP contribution in [0.2, 0.25) is 0 Å². The Morgan fingerprint density at radius 1 is 1.17 bits per heavy atom. The van der Waals surface area contributed by atoms with Gasteiger partial charge in [0.05, 0.1) is 6.54 Å². The molecule has 0 amide bonds. The molecule has 1 N–H and O–H groups in total. The van der Waals surface area contributed by atoms with Crippen LogP contribution in [0.3, 0.4) is 0 Å². The van der Waals surface area contributed by atoms with Gasteiger partial charge < -0.3 is 10.1 Å². The number of hydrogen-bond donors (Lipinski definition) is 1. The molecule has 0 bridgehead atoms. The maximum Gasteiger partial charge on any atom is 0.320 e. The average Bonchev–Trinajstić information content (AvgIpc) is 2.43. The van der Waals surface area contributed by atoms with Crippen LogP contribution in [0.25, 0.3) is 0 Å². The molecule has 0 aromatic rings. The summed E-state index contributed by atoms with van der Waals surface area (Å²) < 4.78 is 5.47. The minimum Gasteiger partial charge on any atom is -0.459 e. The quantitative estimate of drug-likeness (QED) is 0.789. The highest BCUT2D eigenvalue weighted by Crippen LogP contribution is 2.24. The Balaban J connectivity index is 1.75. The lowest BCUT2D eigenvalue weighted by Crippen LogP contribution is -2.51. The SMILES string of the molecule is CC1CC(NCC2CCCCC2)CN(CC(=O)OC(C)(C)C)C1. The number of nitrogens with zero attached hydrogens (tertiary/aromatic N) is 1. The fourth-order valence-corrected chi connectivity index (χ4v) is 4.02. The van der Waals surface area contributed by atoms with Crippen LogP contribution in [-0.2, 0) is 9.53 Å². The van der Waals surface area contributed by atoms with Crippen molar-refractivity contribution in [1.29, 1.82) is 0 Å². The van der Waals surface area contributed by atoms with Gasteiger partial charge in [-0.05, 0) is 58.4 Å². The smallest absolute Gasteiger partial charge is 0.320 e. The molecule has 2 unspecified atom stereocenters. The van der Waals surface area contributed by atoms with E-state index in [-0.39, 0.29) is 5.97 Å². The fraction of sp³-hybridized carbons (Fsp3) is 0.947. The predicted molar refractivity (Wildman–Crippen MR) is 94.4 cm³/mol. The molecular weight excluding hydrogens is 288 g/mol. The third-order valence-corrected chi connectivity index (χ3v) is 4.93. The zero-order valence-electron chi connectivity index (χ0n) is 15.6. The van der Waals surface area contributed by atoms with Crippen molar-refractivity contribution in [3.05, 3.63) is 0 Å². The Kier molecular flexibility index (Phi) is 6.90. The Morgan fingerprint density at radius 3 is 2.52 bits per heavy atom. The summed E-state index contributed by atoms with van der Waals surface area (Å²) in [5.74, 6) is 1.40. The Hall–Kier alpha value is -0.610. The van der Waals surface area contributed by atoms with Crippen molar-refractivity contribution in [1.82, 2.24) is 10.2 Å². The molecule has 0 spiro atoms. The minimum absolute atomic E-state index is 0.0994. The monoisotopic (exact) mass is 324 g/mol. The molecule has 4 heteroatoms. The molecule has 1 aliphatic carbocycles. The Morgan fingerprint density at radius 2 is 1.87 bits per heavy atom. The van der Waals surface area contributed by atoms with Crippen molar-refractivity contribution in [3.63, 3.8) is 0 Å². The van der Waals surface area contributed by atoms with Crippen molar-refractivity contribution < 1.29 is 9.53 Å². The number of rotatable bonds is 5. The lowest BCUT2D eigenvalue weighted by Gasteiger charge is -2.37. The summed E-state index contributed by atoms with van der Waals surface area (Å²) in [6.07, 6.45) is 8.21. The molecule has 2 fully saturated rings. The topological polar surface area (TPSA) is 41.6 Å². The van der Waals surface area contributed by atoms with Crippen LogP contribution in [0.5, 0.6) is 0 Å². The minimum atomic E-state index is -0.392. The number of carbonyl (C=O) groups is 1. The van der Waals surface area contributed by atoms with Gasteiger partial charge in [0.15, 0.2) is 0 Å². The van der Waals surface area contributed by atoms with Crippen molar-refractivity contribution in [3.8, 4) is 0 Å². The van der Waals surface area contributed by atoms with Gasteiger partial charge in [0.1, 0.15) is 5.60 Å². The van der Waals surface area contributed by atoms with E-state index in [4.69, 9.17) is 4.74 Å². The van der Waals surface area contributed by atoms with Crippen molar-refractivity contribution in [2.45, 2.75) is 77.9 Å². The summed E-state index contributed by atoms with van der Waals surface area (Å²) in [6.45, 7) is 11.6. The highest BCUT2D eigenvalue weighted by Gasteiger charge is 2.28. The number of ether oxygens (including phenoxy) is 1. The first-order valence-electron chi connectivity index (χ1n) is 9.49. The molecular formula is C19H36N2O2. The molecule has 0 radical (unpaired) electrons. The van der Waals surface area contributed by atoms with Gasteiger partial charge in [-0.15, -0.1) is 0 Å². The zero-order valence-corrected chi connectivity index (χ0v) is 15.6. The van der Waals surface area contributed by atoms with Crippen LogP contribution < -0.4 is 5.32 Å². The molecule has 4 nitrogen and oxygen atoms in total. The van der Waals surface area contributed by atoms with Gasteiger partial charge in [0.25, 0.3) is 0 Å². The van der Waals surface area contributed by atoms with Crippen LogP contribution in [0.1, 0.15) is 66.2 Å². The molecule has 0 aromatic carbocycles. The highest BCUT2D eigenvalue weighted by molar-refractivity contribution is 5.72. The summed E-state index contributed by atoms with van der Waals surface area (Å²) >= 11 is 0. The van der Waals surface area contributed by atoms with Crippen LogP contribution in [-0.4, -0.2) is 48.7 Å². The molecule has 1 saturated carbocycles. The van der Waals surface area contributed by atoms with Gasteiger partial charge in [-0.1, -0.05) is 26.2 Å². The van der Waals surface area contributed by atoms with E-state index in [1.165, 1.54) is 38.5 Å². The molecule has 1 saturated heterocycles. The van der Waals surface area contributed by atoms with Crippen LogP contribution in [0, 0.1) is 11.8 Å². The molecule has 2 atom stereocenters. The average molecular weight is 325 g/mol. The second-order valence-corrected chi connectivity index (χ2v) is 8.73. The normalized spacial score (nSPS) is 27.8.